The fourth-order valence-corrected chi connectivity index (χ4v) is 4.84. The van der Waals surface area contributed by atoms with Crippen LogP contribution in [-0.2, 0) is 11.3 Å². The number of fused-ring (bicyclic) bond motifs is 1. The van der Waals surface area contributed by atoms with Gasteiger partial charge in [0.2, 0.25) is 5.91 Å². The molecule has 0 saturated carbocycles. The molecular formula is C21H21N3O4S. The van der Waals surface area contributed by atoms with Gasteiger partial charge in [-0.05, 0) is 30.3 Å². The van der Waals surface area contributed by atoms with Crippen LogP contribution in [0.4, 0.5) is 0 Å². The molecule has 1 amide bonds. The Labute approximate surface area is 173 Å². The first-order valence-electron chi connectivity index (χ1n) is 9.18. The number of furan rings is 1. The van der Waals surface area contributed by atoms with Gasteiger partial charge >= 0.3 is 0 Å². The molecular weight excluding hydrogens is 390 g/mol. The zero-order valence-corrected chi connectivity index (χ0v) is 17.1. The number of rotatable bonds is 5. The summed E-state index contributed by atoms with van der Waals surface area (Å²) in [6, 6.07) is 11.6. The summed E-state index contributed by atoms with van der Waals surface area (Å²) in [5.41, 5.74) is 1.39. The smallest absolute Gasteiger partial charge is 0.229 e. The van der Waals surface area contributed by atoms with E-state index < -0.39 is 0 Å². The molecule has 0 aliphatic carbocycles. The van der Waals surface area contributed by atoms with E-state index >= 15 is 0 Å². The predicted octanol–water partition coefficient (Wildman–Crippen LogP) is 3.51. The molecule has 4 rings (SSSR count). The number of nitriles is 1. The van der Waals surface area contributed by atoms with Crippen molar-refractivity contribution in [2.45, 2.75) is 18.9 Å². The summed E-state index contributed by atoms with van der Waals surface area (Å²) in [5, 5.41) is 10.7. The Balaban J connectivity index is 1.66. The van der Waals surface area contributed by atoms with Gasteiger partial charge in [-0.3, -0.25) is 14.6 Å². The average Bonchev–Trinajstić information content (AvgIpc) is 3.26. The van der Waals surface area contributed by atoms with E-state index in [1.165, 1.54) is 11.8 Å². The zero-order valence-electron chi connectivity index (χ0n) is 16.3. The predicted molar refractivity (Wildman–Crippen MR) is 108 cm³/mol. The Kier molecular flexibility index (Phi) is 5.51. The van der Waals surface area contributed by atoms with E-state index in [2.05, 4.69) is 11.0 Å². The fourth-order valence-electron chi connectivity index (χ4n) is 3.71. The lowest BCUT2D eigenvalue weighted by Gasteiger charge is -2.41. The number of hydrogen-bond acceptors (Lipinski definition) is 7. The monoisotopic (exact) mass is 411 g/mol. The van der Waals surface area contributed by atoms with Crippen LogP contribution in [-0.4, -0.2) is 42.5 Å². The molecule has 0 radical (unpaired) electrons. The van der Waals surface area contributed by atoms with Gasteiger partial charge in [0.05, 0.1) is 56.2 Å². The van der Waals surface area contributed by atoms with Gasteiger partial charge in [-0.15, -0.1) is 0 Å². The van der Waals surface area contributed by atoms with Gasteiger partial charge < -0.3 is 13.9 Å². The van der Waals surface area contributed by atoms with Crippen LogP contribution in [0.5, 0.6) is 11.5 Å². The minimum atomic E-state index is -0.354. The van der Waals surface area contributed by atoms with Crippen LogP contribution in [0.25, 0.3) is 0 Å². The Morgan fingerprint density at radius 2 is 2.17 bits per heavy atom. The molecule has 1 fully saturated rings. The van der Waals surface area contributed by atoms with E-state index in [0.717, 1.165) is 16.4 Å². The Bertz CT molecular complexity index is 980. The molecule has 1 aromatic carbocycles. The highest BCUT2D eigenvalue weighted by molar-refractivity contribution is 8.03. The van der Waals surface area contributed by atoms with Crippen molar-refractivity contribution in [1.82, 2.24) is 9.80 Å². The Morgan fingerprint density at radius 3 is 2.86 bits per heavy atom. The van der Waals surface area contributed by atoms with Crippen LogP contribution in [0, 0.1) is 11.3 Å². The van der Waals surface area contributed by atoms with Crippen LogP contribution < -0.4 is 9.47 Å². The van der Waals surface area contributed by atoms with Crippen molar-refractivity contribution < 1.29 is 18.7 Å². The third kappa shape index (κ3) is 3.71. The number of thioether (sulfide) groups is 1. The van der Waals surface area contributed by atoms with Crippen molar-refractivity contribution >= 4 is 17.7 Å². The summed E-state index contributed by atoms with van der Waals surface area (Å²) < 4.78 is 16.3. The van der Waals surface area contributed by atoms with Gasteiger partial charge in [-0.25, -0.2) is 0 Å². The molecule has 2 aliphatic rings. The summed E-state index contributed by atoms with van der Waals surface area (Å²) in [6.07, 6.45) is 1.86. The van der Waals surface area contributed by atoms with Gasteiger partial charge in [-0.1, -0.05) is 11.8 Å². The summed E-state index contributed by atoms with van der Waals surface area (Å²) in [6.45, 7) is 1.06. The molecule has 0 spiro atoms. The quantitative estimate of drug-likeness (QED) is 0.745. The van der Waals surface area contributed by atoms with Crippen LogP contribution in [0.3, 0.4) is 0 Å². The fraction of sp³-hybridized carbons (Fsp3) is 0.333. The molecule has 3 heterocycles. The number of amides is 1. The van der Waals surface area contributed by atoms with Gasteiger partial charge in [-0.2, -0.15) is 5.26 Å². The second kappa shape index (κ2) is 8.23. The number of carbonyl (C=O) groups is 1. The van der Waals surface area contributed by atoms with Crippen molar-refractivity contribution in [3.63, 3.8) is 0 Å². The molecule has 2 aromatic rings. The van der Waals surface area contributed by atoms with Gasteiger partial charge in [0.25, 0.3) is 0 Å². The molecule has 1 saturated heterocycles. The van der Waals surface area contributed by atoms with Crippen LogP contribution in [0.15, 0.2) is 51.6 Å². The topological polar surface area (TPSA) is 78.9 Å². The standard InChI is InChI=1S/C21H21N3O4S/c1-26-14-5-6-19(27-2)17(8-14)16-9-20(25)24-12-23(11-15-4-3-7-28-15)13-29-21(24)18(16)10-22/h3-8,16H,9,11-13H2,1-2H3/t16-/m1/s1. The average molecular weight is 411 g/mol. The molecule has 0 N–H and O–H groups in total. The van der Waals surface area contributed by atoms with Gasteiger partial charge in [0.15, 0.2) is 0 Å². The van der Waals surface area contributed by atoms with Crippen molar-refractivity contribution in [2.24, 2.45) is 0 Å². The number of benzene rings is 1. The largest absolute Gasteiger partial charge is 0.497 e. The maximum Gasteiger partial charge on any atom is 0.229 e. The third-order valence-corrected chi connectivity index (χ3v) is 6.33. The summed E-state index contributed by atoms with van der Waals surface area (Å²) in [7, 11) is 3.18. The first-order chi connectivity index (χ1) is 14.1. The Hall–Kier alpha value is -2.89. The van der Waals surface area contributed by atoms with Crippen molar-refractivity contribution in [1.29, 1.82) is 5.26 Å². The van der Waals surface area contributed by atoms with E-state index in [4.69, 9.17) is 13.9 Å². The number of allylic oxidation sites excluding steroid dienone is 1. The third-order valence-electron chi connectivity index (χ3n) is 5.12. The van der Waals surface area contributed by atoms with Gasteiger partial charge in [0.1, 0.15) is 17.3 Å². The molecule has 2 aliphatic heterocycles. The number of nitrogens with zero attached hydrogens (tertiary/aromatic N) is 3. The second-order valence-corrected chi connectivity index (χ2v) is 7.77. The van der Waals surface area contributed by atoms with E-state index in [9.17, 15) is 10.1 Å². The van der Waals surface area contributed by atoms with Gasteiger partial charge in [0, 0.05) is 17.9 Å². The summed E-state index contributed by atoms with van der Waals surface area (Å²) in [4.78, 5) is 16.8. The first-order valence-corrected chi connectivity index (χ1v) is 10.2. The second-order valence-electron chi connectivity index (χ2n) is 6.84. The first kappa shape index (κ1) is 19.4. The lowest BCUT2D eigenvalue weighted by molar-refractivity contribution is -0.132. The molecule has 0 unspecified atom stereocenters. The highest BCUT2D eigenvalue weighted by Gasteiger charge is 2.39. The molecule has 150 valence electrons. The maximum atomic E-state index is 13.0. The van der Waals surface area contributed by atoms with E-state index in [1.54, 1.807) is 31.4 Å². The molecule has 1 aromatic heterocycles. The van der Waals surface area contributed by atoms with E-state index in [-0.39, 0.29) is 18.2 Å². The maximum absolute atomic E-state index is 13.0. The van der Waals surface area contributed by atoms with E-state index in [0.29, 0.717) is 36.2 Å². The molecule has 8 heteroatoms. The van der Waals surface area contributed by atoms with Crippen LogP contribution in [0.1, 0.15) is 23.7 Å². The minimum Gasteiger partial charge on any atom is -0.497 e. The van der Waals surface area contributed by atoms with Crippen LogP contribution >= 0.6 is 11.8 Å². The number of hydrogen-bond donors (Lipinski definition) is 0. The normalized spacial score (nSPS) is 19.7. The molecule has 29 heavy (non-hydrogen) atoms. The Morgan fingerprint density at radius 1 is 1.31 bits per heavy atom. The highest BCUT2D eigenvalue weighted by Crippen LogP contribution is 2.45. The molecule has 1 atom stereocenters. The van der Waals surface area contributed by atoms with Crippen molar-refractivity contribution in [2.75, 3.05) is 26.8 Å². The number of carbonyl (C=O) groups excluding carboxylic acids is 1. The van der Waals surface area contributed by atoms with Crippen LogP contribution in [0.2, 0.25) is 0 Å². The lowest BCUT2D eigenvalue weighted by atomic mass is 9.86. The number of ether oxygens (including phenoxy) is 2. The number of methoxy groups -OCH3 is 2. The lowest BCUT2D eigenvalue weighted by Crippen LogP contribution is -2.46. The van der Waals surface area contributed by atoms with E-state index in [1.807, 2.05) is 24.3 Å². The summed E-state index contributed by atoms with van der Waals surface area (Å²) >= 11 is 1.51. The SMILES string of the molecule is COc1ccc(OC)c([C@H]2CC(=O)N3CN(Cc4ccco4)CSC3=C2C#N)c1. The summed E-state index contributed by atoms with van der Waals surface area (Å²) in [5.74, 6) is 2.47. The molecule has 7 nitrogen and oxygen atoms in total. The minimum absolute atomic E-state index is 0.00878. The van der Waals surface area contributed by atoms with Crippen molar-refractivity contribution in [3.05, 3.63) is 58.5 Å². The highest BCUT2D eigenvalue weighted by atomic mass is 32.2. The van der Waals surface area contributed by atoms with Crippen molar-refractivity contribution in [3.8, 4) is 17.6 Å². The zero-order chi connectivity index (χ0) is 20.4. The molecule has 0 bridgehead atoms.